The highest BCUT2D eigenvalue weighted by Crippen LogP contribution is 2.29. The number of phenols is 1. The first kappa shape index (κ1) is 15.9. The molecule has 2 aromatic heterocycles. The number of phenolic OH excluding ortho intramolecular Hbond substituents is 1. The van der Waals surface area contributed by atoms with Crippen LogP contribution in [0.15, 0.2) is 28.9 Å². The molecule has 1 amide bonds. The molecular weight excluding hydrogens is 334 g/mol. The molecule has 0 unspecified atom stereocenters. The van der Waals surface area contributed by atoms with Crippen LogP contribution in [0.2, 0.25) is 0 Å². The van der Waals surface area contributed by atoms with E-state index in [1.54, 1.807) is 19.1 Å². The monoisotopic (exact) mass is 347 g/mol. The number of furan rings is 1. The van der Waals surface area contributed by atoms with E-state index in [1.807, 2.05) is 0 Å². The minimum absolute atomic E-state index is 0.0353. The average Bonchev–Trinajstić information content (AvgIpc) is 3.20. The van der Waals surface area contributed by atoms with E-state index < -0.39 is 11.9 Å². The molecule has 0 saturated carbocycles. The lowest BCUT2D eigenvalue weighted by Gasteiger charge is -2.01. The molecule has 0 bridgehead atoms. The van der Waals surface area contributed by atoms with Crippen molar-refractivity contribution < 1.29 is 23.8 Å². The fourth-order valence-corrected chi connectivity index (χ4v) is 2.76. The normalized spacial score (nSPS) is 10.7. The van der Waals surface area contributed by atoms with Gasteiger partial charge in [-0.3, -0.25) is 4.79 Å². The number of esters is 1. The van der Waals surface area contributed by atoms with Crippen molar-refractivity contribution in [2.24, 2.45) is 0 Å². The van der Waals surface area contributed by atoms with Crippen LogP contribution in [0, 0.1) is 0 Å². The standard InChI is InChI=1S/C15H13N3O5S/c1-2-22-15(21)14-18-17-11(24-14)6-16-13(20)8-7-23-10-5-3-4-9(19)12(8)10/h3-5,7,19H,2,6H2,1H3,(H,16,20). The fraction of sp³-hybridized carbons (Fsp3) is 0.200. The van der Waals surface area contributed by atoms with Crippen LogP contribution in [0.1, 0.15) is 32.1 Å². The third-order valence-corrected chi connectivity index (χ3v) is 4.04. The van der Waals surface area contributed by atoms with E-state index in [4.69, 9.17) is 9.15 Å². The Kier molecular flexibility index (Phi) is 4.43. The Hall–Kier alpha value is -2.94. The van der Waals surface area contributed by atoms with Gasteiger partial charge in [0.25, 0.3) is 5.91 Å². The number of amides is 1. The van der Waals surface area contributed by atoms with Crippen molar-refractivity contribution in [3.63, 3.8) is 0 Å². The van der Waals surface area contributed by atoms with E-state index in [2.05, 4.69) is 15.5 Å². The number of ether oxygens (including phenoxy) is 1. The van der Waals surface area contributed by atoms with E-state index in [-0.39, 0.29) is 29.5 Å². The molecule has 0 saturated heterocycles. The van der Waals surface area contributed by atoms with Crippen molar-refractivity contribution in [1.29, 1.82) is 0 Å². The number of fused-ring (bicyclic) bond motifs is 1. The van der Waals surface area contributed by atoms with Gasteiger partial charge in [0.05, 0.1) is 24.1 Å². The van der Waals surface area contributed by atoms with Crippen LogP contribution in [-0.2, 0) is 11.3 Å². The van der Waals surface area contributed by atoms with Gasteiger partial charge in [-0.05, 0) is 19.1 Å². The Labute approximate surface area is 140 Å². The molecule has 0 spiro atoms. The molecule has 8 nitrogen and oxygen atoms in total. The van der Waals surface area contributed by atoms with E-state index >= 15 is 0 Å². The van der Waals surface area contributed by atoms with Gasteiger partial charge < -0.3 is 19.6 Å². The predicted molar refractivity (Wildman–Crippen MR) is 84.9 cm³/mol. The molecule has 2 heterocycles. The molecule has 0 aliphatic rings. The number of carbonyl (C=O) groups is 2. The Morgan fingerprint density at radius 1 is 1.38 bits per heavy atom. The molecule has 2 N–H and O–H groups in total. The predicted octanol–water partition coefficient (Wildman–Crippen LogP) is 2.10. The third-order valence-electron chi connectivity index (χ3n) is 3.14. The number of benzene rings is 1. The molecule has 124 valence electrons. The Morgan fingerprint density at radius 2 is 2.21 bits per heavy atom. The zero-order valence-electron chi connectivity index (χ0n) is 12.6. The van der Waals surface area contributed by atoms with E-state index in [1.165, 1.54) is 12.3 Å². The second-order valence-electron chi connectivity index (χ2n) is 4.70. The van der Waals surface area contributed by atoms with Gasteiger partial charge in [0.1, 0.15) is 22.6 Å². The van der Waals surface area contributed by atoms with Crippen LogP contribution in [0.5, 0.6) is 5.75 Å². The molecule has 0 fully saturated rings. The number of nitrogens with one attached hydrogen (secondary N) is 1. The maximum Gasteiger partial charge on any atom is 0.369 e. The van der Waals surface area contributed by atoms with Gasteiger partial charge in [-0.15, -0.1) is 10.2 Å². The maximum atomic E-state index is 12.3. The van der Waals surface area contributed by atoms with Gasteiger partial charge in [0.15, 0.2) is 0 Å². The summed E-state index contributed by atoms with van der Waals surface area (Å²) in [5, 5.41) is 21.0. The molecule has 9 heteroatoms. The molecule has 3 aromatic rings. The van der Waals surface area contributed by atoms with Gasteiger partial charge >= 0.3 is 5.97 Å². The summed E-state index contributed by atoms with van der Waals surface area (Å²) in [6, 6.07) is 4.76. The van der Waals surface area contributed by atoms with Crippen molar-refractivity contribution in [2.45, 2.75) is 13.5 Å². The van der Waals surface area contributed by atoms with Crippen molar-refractivity contribution in [3.05, 3.63) is 40.0 Å². The zero-order chi connectivity index (χ0) is 17.1. The van der Waals surface area contributed by atoms with Crippen LogP contribution in [0.3, 0.4) is 0 Å². The van der Waals surface area contributed by atoms with E-state index in [0.717, 1.165) is 11.3 Å². The number of hydrogen-bond donors (Lipinski definition) is 2. The highest BCUT2D eigenvalue weighted by atomic mass is 32.1. The molecular formula is C15H13N3O5S. The van der Waals surface area contributed by atoms with E-state index in [0.29, 0.717) is 16.0 Å². The Balaban J connectivity index is 1.70. The summed E-state index contributed by atoms with van der Waals surface area (Å²) in [4.78, 5) is 23.8. The average molecular weight is 347 g/mol. The molecule has 0 radical (unpaired) electrons. The maximum absolute atomic E-state index is 12.3. The number of aromatic nitrogens is 2. The van der Waals surface area contributed by atoms with Crippen LogP contribution in [0.4, 0.5) is 0 Å². The summed E-state index contributed by atoms with van der Waals surface area (Å²) in [5.74, 6) is -1.01. The third kappa shape index (κ3) is 3.06. The lowest BCUT2D eigenvalue weighted by Crippen LogP contribution is -2.22. The van der Waals surface area contributed by atoms with Crippen molar-refractivity contribution in [1.82, 2.24) is 15.5 Å². The highest BCUT2D eigenvalue weighted by Gasteiger charge is 2.18. The number of rotatable bonds is 5. The first-order chi connectivity index (χ1) is 11.6. The SMILES string of the molecule is CCOC(=O)c1nnc(CNC(=O)c2coc3cccc(O)c23)s1. The summed E-state index contributed by atoms with van der Waals surface area (Å²) in [5.41, 5.74) is 0.638. The molecule has 0 aliphatic heterocycles. The van der Waals surface area contributed by atoms with Gasteiger partial charge in [-0.1, -0.05) is 17.4 Å². The van der Waals surface area contributed by atoms with Crippen molar-refractivity contribution in [3.8, 4) is 5.75 Å². The number of nitrogens with zero attached hydrogens (tertiary/aromatic N) is 2. The number of aromatic hydroxyl groups is 1. The second-order valence-corrected chi connectivity index (χ2v) is 5.77. The first-order valence-electron chi connectivity index (χ1n) is 7.07. The second kappa shape index (κ2) is 6.67. The van der Waals surface area contributed by atoms with Gasteiger partial charge in [-0.25, -0.2) is 4.79 Å². The first-order valence-corrected chi connectivity index (χ1v) is 7.88. The summed E-state index contributed by atoms with van der Waals surface area (Å²) < 4.78 is 10.1. The number of hydrogen-bond acceptors (Lipinski definition) is 8. The number of carbonyl (C=O) groups excluding carboxylic acids is 2. The summed E-state index contributed by atoms with van der Waals surface area (Å²) >= 11 is 1.04. The minimum atomic E-state index is -0.543. The van der Waals surface area contributed by atoms with Gasteiger partial charge in [0, 0.05) is 0 Å². The Bertz CT molecular complexity index is 902. The molecule has 0 atom stereocenters. The minimum Gasteiger partial charge on any atom is -0.507 e. The summed E-state index contributed by atoms with van der Waals surface area (Å²) in [6.07, 6.45) is 1.28. The van der Waals surface area contributed by atoms with Crippen LogP contribution < -0.4 is 5.32 Å². The van der Waals surface area contributed by atoms with Gasteiger partial charge in [0.2, 0.25) is 5.01 Å². The highest BCUT2D eigenvalue weighted by molar-refractivity contribution is 7.13. The largest absolute Gasteiger partial charge is 0.507 e. The van der Waals surface area contributed by atoms with Crippen LogP contribution >= 0.6 is 11.3 Å². The van der Waals surface area contributed by atoms with E-state index in [9.17, 15) is 14.7 Å². The fourth-order valence-electron chi connectivity index (χ4n) is 2.09. The molecule has 1 aromatic carbocycles. The van der Waals surface area contributed by atoms with Crippen molar-refractivity contribution >= 4 is 34.2 Å². The van der Waals surface area contributed by atoms with Crippen molar-refractivity contribution in [2.75, 3.05) is 6.61 Å². The molecule has 0 aliphatic carbocycles. The Morgan fingerprint density at radius 3 is 3.00 bits per heavy atom. The topological polar surface area (TPSA) is 115 Å². The lowest BCUT2D eigenvalue weighted by molar-refractivity contribution is 0.0524. The summed E-state index contributed by atoms with van der Waals surface area (Å²) in [7, 11) is 0. The van der Waals surface area contributed by atoms with Gasteiger partial charge in [-0.2, -0.15) is 0 Å². The van der Waals surface area contributed by atoms with Crippen LogP contribution in [0.25, 0.3) is 11.0 Å². The lowest BCUT2D eigenvalue weighted by atomic mass is 10.1. The quantitative estimate of drug-likeness (QED) is 0.679. The summed E-state index contributed by atoms with van der Waals surface area (Å²) in [6.45, 7) is 2.04. The van der Waals surface area contributed by atoms with Crippen LogP contribution in [-0.4, -0.2) is 33.8 Å². The smallest absolute Gasteiger partial charge is 0.369 e. The molecule has 3 rings (SSSR count). The molecule has 24 heavy (non-hydrogen) atoms. The zero-order valence-corrected chi connectivity index (χ0v) is 13.4.